The molecule has 2 N–H and O–H groups in total. The predicted octanol–water partition coefficient (Wildman–Crippen LogP) is 2.82. The molecule has 5 heteroatoms. The Morgan fingerprint density at radius 3 is 2.76 bits per heavy atom. The van der Waals surface area contributed by atoms with Gasteiger partial charge in [0.1, 0.15) is 11.6 Å². The maximum atomic E-state index is 13.0. The minimum absolute atomic E-state index is 0.0485. The number of aromatic hydroxyl groups is 1. The Hall–Kier alpha value is -1.10. The summed E-state index contributed by atoms with van der Waals surface area (Å²) in [5.41, 5.74) is -0.466. The molecule has 0 radical (unpaired) electrons. The van der Waals surface area contributed by atoms with Crippen molar-refractivity contribution in [2.45, 2.75) is 25.8 Å². The third-order valence-electron chi connectivity index (χ3n) is 2.37. The highest BCUT2D eigenvalue weighted by Crippen LogP contribution is 2.19. The van der Waals surface area contributed by atoms with E-state index in [9.17, 15) is 14.3 Å². The van der Waals surface area contributed by atoms with Crippen molar-refractivity contribution in [3.63, 3.8) is 0 Å². The van der Waals surface area contributed by atoms with Gasteiger partial charge < -0.3 is 10.4 Å². The summed E-state index contributed by atoms with van der Waals surface area (Å²) in [5, 5.41) is 13.0. The van der Waals surface area contributed by atoms with E-state index >= 15 is 0 Å². The Balaban J connectivity index is 2.86. The van der Waals surface area contributed by atoms with E-state index in [1.54, 1.807) is 0 Å². The van der Waals surface area contributed by atoms with Crippen molar-refractivity contribution < 1.29 is 14.3 Å². The van der Waals surface area contributed by atoms with Gasteiger partial charge >= 0.3 is 0 Å². The molecule has 0 aliphatic rings. The highest BCUT2D eigenvalue weighted by molar-refractivity contribution is 9.09. The first kappa shape index (κ1) is 14.0. The van der Waals surface area contributed by atoms with Crippen LogP contribution in [0.3, 0.4) is 0 Å². The maximum Gasteiger partial charge on any atom is 0.255 e. The molecule has 0 heterocycles. The van der Waals surface area contributed by atoms with Crippen molar-refractivity contribution in [2.24, 2.45) is 0 Å². The number of alkyl halides is 1. The standard InChI is InChI=1S/C12H15BrFNO2/c1-12(2,5-6-13)15-11(17)9-7-8(14)3-4-10(9)16/h3-4,7,16H,5-6H2,1-2H3,(H,15,17). The van der Waals surface area contributed by atoms with E-state index in [2.05, 4.69) is 21.2 Å². The molecule has 0 aliphatic heterocycles. The van der Waals surface area contributed by atoms with E-state index in [1.807, 2.05) is 13.8 Å². The van der Waals surface area contributed by atoms with Crippen LogP contribution in [0.5, 0.6) is 5.75 Å². The molecular weight excluding hydrogens is 289 g/mol. The molecule has 1 amide bonds. The first-order valence-electron chi connectivity index (χ1n) is 5.23. The summed E-state index contributed by atoms with van der Waals surface area (Å²) in [4.78, 5) is 11.9. The summed E-state index contributed by atoms with van der Waals surface area (Å²) in [6.45, 7) is 3.73. The molecule has 0 spiro atoms. The van der Waals surface area contributed by atoms with Crippen LogP contribution in [0.4, 0.5) is 4.39 Å². The van der Waals surface area contributed by atoms with E-state index in [0.717, 1.165) is 23.9 Å². The third kappa shape index (κ3) is 4.00. The summed E-state index contributed by atoms with van der Waals surface area (Å²) in [6, 6.07) is 3.30. The fourth-order valence-corrected chi connectivity index (χ4v) is 2.35. The van der Waals surface area contributed by atoms with Gasteiger partial charge in [0.15, 0.2) is 0 Å². The fraction of sp³-hybridized carbons (Fsp3) is 0.417. The van der Waals surface area contributed by atoms with Gasteiger partial charge in [0.25, 0.3) is 5.91 Å². The van der Waals surface area contributed by atoms with Crippen LogP contribution in [0.1, 0.15) is 30.6 Å². The van der Waals surface area contributed by atoms with Gasteiger partial charge in [-0.15, -0.1) is 0 Å². The van der Waals surface area contributed by atoms with E-state index in [-0.39, 0.29) is 11.3 Å². The second kappa shape index (κ2) is 5.49. The number of benzene rings is 1. The topological polar surface area (TPSA) is 49.3 Å². The Morgan fingerprint density at radius 1 is 1.53 bits per heavy atom. The zero-order chi connectivity index (χ0) is 13.1. The van der Waals surface area contributed by atoms with E-state index in [4.69, 9.17) is 0 Å². The molecule has 0 fully saturated rings. The molecule has 3 nitrogen and oxygen atoms in total. The lowest BCUT2D eigenvalue weighted by Gasteiger charge is -2.25. The van der Waals surface area contributed by atoms with Crippen molar-refractivity contribution in [2.75, 3.05) is 5.33 Å². The van der Waals surface area contributed by atoms with Gasteiger partial charge in [-0.05, 0) is 38.5 Å². The monoisotopic (exact) mass is 303 g/mol. The van der Waals surface area contributed by atoms with Crippen LogP contribution < -0.4 is 5.32 Å². The van der Waals surface area contributed by atoms with Gasteiger partial charge in [-0.3, -0.25) is 4.79 Å². The van der Waals surface area contributed by atoms with E-state index < -0.39 is 17.3 Å². The van der Waals surface area contributed by atoms with Crippen LogP contribution in [0.15, 0.2) is 18.2 Å². The number of carbonyl (C=O) groups is 1. The molecule has 94 valence electrons. The smallest absolute Gasteiger partial charge is 0.255 e. The van der Waals surface area contributed by atoms with Crippen molar-refractivity contribution >= 4 is 21.8 Å². The SMILES string of the molecule is CC(C)(CCBr)NC(=O)c1cc(F)ccc1O. The second-order valence-electron chi connectivity index (χ2n) is 4.44. The normalized spacial score (nSPS) is 11.3. The Labute approximate surface area is 108 Å². The quantitative estimate of drug-likeness (QED) is 0.840. The van der Waals surface area contributed by atoms with Crippen LogP contribution in [-0.4, -0.2) is 21.9 Å². The van der Waals surface area contributed by atoms with Crippen LogP contribution in [-0.2, 0) is 0 Å². The Bertz CT molecular complexity index is 421. The van der Waals surface area contributed by atoms with Crippen molar-refractivity contribution in [1.82, 2.24) is 5.32 Å². The molecule has 0 aliphatic carbocycles. The highest BCUT2D eigenvalue weighted by Gasteiger charge is 2.22. The van der Waals surface area contributed by atoms with Gasteiger partial charge in [-0.1, -0.05) is 15.9 Å². The van der Waals surface area contributed by atoms with Crippen molar-refractivity contribution in [3.05, 3.63) is 29.6 Å². The summed E-state index contributed by atoms with van der Waals surface area (Å²) in [6.07, 6.45) is 0.731. The van der Waals surface area contributed by atoms with E-state index in [0.29, 0.717) is 0 Å². The number of phenolic OH excluding ortho intramolecular Hbond substituents is 1. The van der Waals surface area contributed by atoms with Crippen LogP contribution in [0.2, 0.25) is 0 Å². The molecule has 1 aromatic rings. The fourth-order valence-electron chi connectivity index (χ4n) is 1.36. The number of carbonyl (C=O) groups excluding carboxylic acids is 1. The summed E-state index contributed by atoms with van der Waals surface area (Å²) < 4.78 is 13.0. The minimum atomic E-state index is -0.550. The van der Waals surface area contributed by atoms with Crippen LogP contribution in [0, 0.1) is 5.82 Å². The van der Waals surface area contributed by atoms with Gasteiger partial charge in [-0.2, -0.15) is 0 Å². The largest absolute Gasteiger partial charge is 0.507 e. The molecule has 0 saturated heterocycles. The maximum absolute atomic E-state index is 13.0. The number of rotatable bonds is 4. The Kier molecular flexibility index (Phi) is 4.51. The average molecular weight is 304 g/mol. The minimum Gasteiger partial charge on any atom is -0.507 e. The third-order valence-corrected chi connectivity index (χ3v) is 2.77. The van der Waals surface area contributed by atoms with Crippen LogP contribution >= 0.6 is 15.9 Å². The lowest BCUT2D eigenvalue weighted by atomic mass is 10.0. The number of phenols is 1. The number of hydrogen-bond acceptors (Lipinski definition) is 2. The van der Waals surface area contributed by atoms with Gasteiger partial charge in [-0.25, -0.2) is 4.39 Å². The Morgan fingerprint density at radius 2 is 2.18 bits per heavy atom. The molecule has 1 rings (SSSR count). The van der Waals surface area contributed by atoms with Gasteiger partial charge in [0.2, 0.25) is 0 Å². The first-order chi connectivity index (χ1) is 7.85. The number of nitrogens with one attached hydrogen (secondary N) is 1. The average Bonchev–Trinajstić information content (AvgIpc) is 2.20. The predicted molar refractivity (Wildman–Crippen MR) is 68.0 cm³/mol. The molecule has 0 aromatic heterocycles. The van der Waals surface area contributed by atoms with Gasteiger partial charge in [0, 0.05) is 10.9 Å². The zero-order valence-electron chi connectivity index (χ0n) is 9.76. The lowest BCUT2D eigenvalue weighted by Crippen LogP contribution is -2.43. The molecule has 0 bridgehead atoms. The molecule has 1 aromatic carbocycles. The molecule has 0 saturated carbocycles. The molecule has 0 atom stereocenters. The number of hydrogen-bond donors (Lipinski definition) is 2. The number of amides is 1. The highest BCUT2D eigenvalue weighted by atomic mass is 79.9. The molecule has 17 heavy (non-hydrogen) atoms. The summed E-state index contributed by atoms with van der Waals surface area (Å²) in [7, 11) is 0. The first-order valence-corrected chi connectivity index (χ1v) is 6.35. The zero-order valence-corrected chi connectivity index (χ0v) is 11.3. The van der Waals surface area contributed by atoms with E-state index in [1.165, 1.54) is 6.07 Å². The summed E-state index contributed by atoms with van der Waals surface area (Å²) in [5.74, 6) is -1.25. The summed E-state index contributed by atoms with van der Waals surface area (Å²) >= 11 is 3.30. The van der Waals surface area contributed by atoms with Crippen LogP contribution in [0.25, 0.3) is 0 Å². The number of halogens is 2. The van der Waals surface area contributed by atoms with Crippen molar-refractivity contribution in [3.8, 4) is 5.75 Å². The van der Waals surface area contributed by atoms with Gasteiger partial charge in [0.05, 0.1) is 5.56 Å². The lowest BCUT2D eigenvalue weighted by molar-refractivity contribution is 0.0908. The molecule has 0 unspecified atom stereocenters. The second-order valence-corrected chi connectivity index (χ2v) is 5.23. The molecular formula is C12H15BrFNO2. The van der Waals surface area contributed by atoms with Crippen molar-refractivity contribution in [1.29, 1.82) is 0 Å².